The van der Waals surface area contributed by atoms with E-state index in [0.29, 0.717) is 19.3 Å². The van der Waals surface area contributed by atoms with Crippen LogP contribution in [-0.4, -0.2) is 48.1 Å². The van der Waals surface area contributed by atoms with Crippen LogP contribution in [0.1, 0.15) is 41.5 Å². The maximum Gasteiger partial charge on any atom is 0.451 e. The first kappa shape index (κ1) is 18.5. The molecule has 142 valence electrons. The monoisotopic (exact) mass is 381 g/mol. The minimum atomic E-state index is -4.67. The van der Waals surface area contributed by atoms with Crippen molar-refractivity contribution < 1.29 is 18.0 Å². The second kappa shape index (κ2) is 6.78. The number of amides is 1. The summed E-state index contributed by atoms with van der Waals surface area (Å²) in [5.74, 6) is 0.230. The van der Waals surface area contributed by atoms with Gasteiger partial charge in [0.1, 0.15) is 5.82 Å². The van der Waals surface area contributed by atoms with Crippen LogP contribution >= 0.6 is 0 Å². The highest BCUT2D eigenvalue weighted by Crippen LogP contribution is 2.36. The van der Waals surface area contributed by atoms with Crippen molar-refractivity contribution in [3.8, 4) is 18.3 Å². The Morgan fingerprint density at radius 3 is 2.67 bits per heavy atom. The van der Waals surface area contributed by atoms with Gasteiger partial charge in [0, 0.05) is 25.8 Å². The zero-order chi connectivity index (χ0) is 19.7. The van der Waals surface area contributed by atoms with Crippen LogP contribution in [0.15, 0.2) is 10.2 Å². The van der Waals surface area contributed by atoms with E-state index in [4.69, 9.17) is 6.42 Å². The Morgan fingerprint density at radius 2 is 2.07 bits per heavy atom. The summed E-state index contributed by atoms with van der Waals surface area (Å²) in [5, 5.41) is 19.6. The van der Waals surface area contributed by atoms with Crippen molar-refractivity contribution in [2.75, 3.05) is 6.54 Å². The second-order valence-electron chi connectivity index (χ2n) is 5.77. The molecule has 0 fully saturated rings. The maximum absolute atomic E-state index is 12.6. The van der Waals surface area contributed by atoms with E-state index in [2.05, 4.69) is 41.6 Å². The number of nitrogens with one attached hydrogen (secondary N) is 2. The number of nitrogens with zero attached hydrogens (tertiary/aromatic N) is 7. The first-order valence-electron chi connectivity index (χ1n) is 7.83. The summed E-state index contributed by atoms with van der Waals surface area (Å²) in [4.78, 5) is 19.4. The number of aromatic nitrogens is 6. The summed E-state index contributed by atoms with van der Waals surface area (Å²) in [6, 6.07) is 0. The predicted molar refractivity (Wildman–Crippen MR) is 83.6 cm³/mol. The minimum Gasteiger partial charge on any atom is -0.349 e. The number of hydrogen-bond acceptors (Lipinski definition) is 7. The number of hydrogen-bond donors (Lipinski definition) is 2. The van der Waals surface area contributed by atoms with Gasteiger partial charge < -0.3 is 5.32 Å². The van der Waals surface area contributed by atoms with Crippen LogP contribution in [0, 0.1) is 19.3 Å². The van der Waals surface area contributed by atoms with Crippen LogP contribution in [0.25, 0.3) is 5.95 Å². The molecular formula is C14H14F3N9O. The molecule has 2 aromatic heterocycles. The summed E-state index contributed by atoms with van der Waals surface area (Å²) in [7, 11) is 0. The normalized spacial score (nSPS) is 14.8. The van der Waals surface area contributed by atoms with Gasteiger partial charge in [-0.05, 0) is 6.92 Å². The van der Waals surface area contributed by atoms with Gasteiger partial charge in [-0.3, -0.25) is 9.89 Å². The predicted octanol–water partition coefficient (Wildman–Crippen LogP) is 1.41. The Balaban J connectivity index is 1.61. The quantitative estimate of drug-likeness (QED) is 0.701. The molecule has 3 rings (SSSR count). The fourth-order valence-electron chi connectivity index (χ4n) is 2.27. The van der Waals surface area contributed by atoms with Crippen molar-refractivity contribution in [3.63, 3.8) is 0 Å². The van der Waals surface area contributed by atoms with Crippen molar-refractivity contribution in [1.29, 1.82) is 0 Å². The highest BCUT2D eigenvalue weighted by atomic mass is 19.4. The standard InChI is InChI=1S/C14H14F3N9O/c1-3-4-5-13(24-25-13)6-7-18-10(27)9-19-8(2)26(23-9)12-20-11(21-22-12)14(15,16)17/h1H,4-7H2,2H3,(H,18,27)(H,20,21,22). The van der Waals surface area contributed by atoms with Gasteiger partial charge in [-0.2, -0.15) is 33.1 Å². The third-order valence-corrected chi connectivity index (χ3v) is 3.77. The van der Waals surface area contributed by atoms with E-state index in [-0.39, 0.29) is 24.1 Å². The van der Waals surface area contributed by atoms with E-state index in [1.54, 1.807) is 5.10 Å². The van der Waals surface area contributed by atoms with Gasteiger partial charge in [0.05, 0.1) is 0 Å². The summed E-state index contributed by atoms with van der Waals surface area (Å²) in [5.41, 5.74) is -0.532. The minimum absolute atomic E-state index is 0.158. The average molecular weight is 381 g/mol. The van der Waals surface area contributed by atoms with E-state index in [0.717, 1.165) is 4.68 Å². The molecule has 0 bridgehead atoms. The summed E-state index contributed by atoms with van der Waals surface area (Å²) >= 11 is 0. The first-order chi connectivity index (χ1) is 12.7. The Bertz CT molecular complexity index is 915. The van der Waals surface area contributed by atoms with Gasteiger partial charge in [0.25, 0.3) is 11.9 Å². The topological polar surface area (TPSA) is 126 Å². The van der Waals surface area contributed by atoms with E-state index in [1.165, 1.54) is 6.92 Å². The van der Waals surface area contributed by atoms with Crippen LogP contribution in [0.2, 0.25) is 0 Å². The fraction of sp³-hybridized carbons (Fsp3) is 0.500. The van der Waals surface area contributed by atoms with Gasteiger partial charge in [-0.1, -0.05) is 0 Å². The molecule has 1 aliphatic rings. The maximum atomic E-state index is 12.6. The van der Waals surface area contributed by atoms with Crippen molar-refractivity contribution in [1.82, 2.24) is 35.3 Å². The van der Waals surface area contributed by atoms with Crippen molar-refractivity contribution in [2.45, 2.75) is 38.0 Å². The molecule has 10 nitrogen and oxygen atoms in total. The highest BCUT2D eigenvalue weighted by molar-refractivity contribution is 5.90. The Morgan fingerprint density at radius 1 is 1.33 bits per heavy atom. The third-order valence-electron chi connectivity index (χ3n) is 3.77. The van der Waals surface area contributed by atoms with Gasteiger partial charge >= 0.3 is 6.18 Å². The lowest BCUT2D eigenvalue weighted by Crippen LogP contribution is -2.29. The Labute approximate surface area is 150 Å². The molecule has 0 unspecified atom stereocenters. The third kappa shape index (κ3) is 4.10. The second-order valence-corrected chi connectivity index (χ2v) is 5.77. The molecule has 0 aliphatic carbocycles. The highest BCUT2D eigenvalue weighted by Gasteiger charge is 2.39. The summed E-state index contributed by atoms with van der Waals surface area (Å²) < 4.78 is 38.7. The van der Waals surface area contributed by atoms with Crippen LogP contribution in [-0.2, 0) is 6.18 Å². The van der Waals surface area contributed by atoms with Crippen molar-refractivity contribution >= 4 is 5.91 Å². The van der Waals surface area contributed by atoms with Gasteiger partial charge in [0.2, 0.25) is 11.6 Å². The first-order valence-corrected chi connectivity index (χ1v) is 7.83. The lowest BCUT2D eigenvalue weighted by Gasteiger charge is -2.08. The molecule has 1 aliphatic heterocycles. The molecular weight excluding hydrogens is 367 g/mol. The number of carbonyl (C=O) groups is 1. The molecule has 0 atom stereocenters. The SMILES string of the molecule is C#CCCC1(CCNC(=O)c2nc(C)n(-c3n[nH]c(C(F)(F)F)n3)n2)N=N1. The number of halogens is 3. The van der Waals surface area contributed by atoms with E-state index in [1.807, 2.05) is 0 Å². The molecule has 27 heavy (non-hydrogen) atoms. The lowest BCUT2D eigenvalue weighted by atomic mass is 10.0. The van der Waals surface area contributed by atoms with Gasteiger partial charge in [-0.15, -0.1) is 22.5 Å². The molecule has 0 aromatic carbocycles. The number of aryl methyl sites for hydroxylation is 1. The molecule has 2 N–H and O–H groups in total. The molecule has 0 saturated carbocycles. The molecule has 1 amide bonds. The molecule has 0 saturated heterocycles. The van der Waals surface area contributed by atoms with E-state index < -0.39 is 23.6 Å². The smallest absolute Gasteiger partial charge is 0.349 e. The number of H-pyrrole nitrogens is 1. The number of alkyl halides is 3. The van der Waals surface area contributed by atoms with Crippen LogP contribution < -0.4 is 5.32 Å². The molecule has 13 heteroatoms. The number of carbonyl (C=O) groups excluding carboxylic acids is 1. The molecule has 3 heterocycles. The van der Waals surface area contributed by atoms with Crippen LogP contribution in [0.5, 0.6) is 0 Å². The number of terminal acetylenes is 1. The van der Waals surface area contributed by atoms with E-state index in [9.17, 15) is 18.0 Å². The lowest BCUT2D eigenvalue weighted by molar-refractivity contribution is -0.144. The zero-order valence-electron chi connectivity index (χ0n) is 14.1. The van der Waals surface area contributed by atoms with Crippen molar-refractivity contribution in [2.24, 2.45) is 10.2 Å². The molecule has 0 spiro atoms. The van der Waals surface area contributed by atoms with Crippen LogP contribution in [0.3, 0.4) is 0 Å². The molecule has 2 aromatic rings. The Hall–Kier alpha value is -3.30. The summed E-state index contributed by atoms with van der Waals surface area (Å²) in [6.07, 6.45) is 2.16. The van der Waals surface area contributed by atoms with Crippen molar-refractivity contribution in [3.05, 3.63) is 17.5 Å². The fourth-order valence-corrected chi connectivity index (χ4v) is 2.27. The number of aromatic amines is 1. The van der Waals surface area contributed by atoms with Gasteiger partial charge in [0.15, 0.2) is 5.66 Å². The van der Waals surface area contributed by atoms with E-state index >= 15 is 0 Å². The zero-order valence-corrected chi connectivity index (χ0v) is 14.1. The largest absolute Gasteiger partial charge is 0.451 e. The van der Waals surface area contributed by atoms with Gasteiger partial charge in [-0.25, -0.2) is 4.98 Å². The number of rotatable bonds is 7. The average Bonchev–Trinajstić information content (AvgIpc) is 3.02. The Kier molecular flexibility index (Phi) is 4.64. The van der Waals surface area contributed by atoms with Crippen LogP contribution in [0.4, 0.5) is 13.2 Å². The molecule has 0 radical (unpaired) electrons. The summed E-state index contributed by atoms with van der Waals surface area (Å²) in [6.45, 7) is 1.73.